The first-order valence-electron chi connectivity index (χ1n) is 10.5. The quantitative estimate of drug-likeness (QED) is 0.503. The highest BCUT2D eigenvalue weighted by molar-refractivity contribution is 7.92. The first-order chi connectivity index (χ1) is 16.8. The lowest BCUT2D eigenvalue weighted by Gasteiger charge is -2.25. The zero-order valence-electron chi connectivity index (χ0n) is 19.0. The van der Waals surface area contributed by atoms with Crippen LogP contribution in [0.25, 0.3) is 0 Å². The smallest absolute Gasteiger partial charge is 0.264 e. The molecule has 1 heterocycles. The van der Waals surface area contributed by atoms with Crippen LogP contribution in [0.2, 0.25) is 0 Å². The molecule has 0 aromatic heterocycles. The molecule has 0 aliphatic carbocycles. The Morgan fingerprint density at radius 1 is 0.971 bits per heavy atom. The number of nitrogens with zero attached hydrogens (tertiary/aromatic N) is 1. The molecule has 184 valence electrons. The Balaban J connectivity index is 1.67. The molecule has 3 aromatic carbocycles. The molecule has 0 spiro atoms. The maximum Gasteiger partial charge on any atom is 0.264 e. The van der Waals surface area contributed by atoms with E-state index in [1.54, 1.807) is 18.2 Å². The van der Waals surface area contributed by atoms with Crippen LogP contribution in [-0.2, 0) is 14.8 Å². The van der Waals surface area contributed by atoms with E-state index in [0.717, 1.165) is 16.4 Å². The maximum atomic E-state index is 13.6. The van der Waals surface area contributed by atoms with Gasteiger partial charge in [0.1, 0.15) is 37.1 Å². The molecule has 0 bridgehead atoms. The maximum absolute atomic E-state index is 13.6. The normalized spacial score (nSPS) is 12.5. The minimum absolute atomic E-state index is 0.106. The number of anilines is 2. The van der Waals surface area contributed by atoms with Gasteiger partial charge in [0.2, 0.25) is 5.91 Å². The monoisotopic (exact) mass is 502 g/mol. The Kier molecular flexibility index (Phi) is 6.97. The van der Waals surface area contributed by atoms with Crippen molar-refractivity contribution in [2.24, 2.45) is 0 Å². The molecule has 1 aliphatic rings. The van der Waals surface area contributed by atoms with E-state index in [2.05, 4.69) is 5.32 Å². The van der Waals surface area contributed by atoms with Gasteiger partial charge in [0.15, 0.2) is 11.5 Å². The Morgan fingerprint density at radius 2 is 1.69 bits per heavy atom. The van der Waals surface area contributed by atoms with Crippen molar-refractivity contribution in [2.75, 3.05) is 43.6 Å². The fraction of sp³-hybridized carbons (Fsp3) is 0.208. The highest BCUT2D eigenvalue weighted by Crippen LogP contribution is 2.34. The number of hydrogen-bond acceptors (Lipinski definition) is 7. The average Bonchev–Trinajstić information content (AvgIpc) is 2.87. The summed E-state index contributed by atoms with van der Waals surface area (Å²) in [6, 6.07) is 13.8. The zero-order chi connectivity index (χ0) is 25.0. The Labute approximate surface area is 202 Å². The summed E-state index contributed by atoms with van der Waals surface area (Å²) in [5.41, 5.74) is 0.404. The van der Waals surface area contributed by atoms with Crippen LogP contribution in [0.5, 0.6) is 23.0 Å². The second-order valence-electron chi connectivity index (χ2n) is 7.41. The van der Waals surface area contributed by atoms with Gasteiger partial charge in [0.05, 0.1) is 30.5 Å². The lowest BCUT2D eigenvalue weighted by molar-refractivity contribution is -0.114. The number of benzene rings is 3. The molecular formula is C24H23FN2O7S. The number of nitrogens with one attached hydrogen (secondary N) is 1. The third kappa shape index (κ3) is 5.24. The van der Waals surface area contributed by atoms with Crippen molar-refractivity contribution in [1.82, 2.24) is 0 Å². The van der Waals surface area contributed by atoms with Gasteiger partial charge in [-0.3, -0.25) is 9.10 Å². The number of hydrogen-bond donors (Lipinski definition) is 1. The van der Waals surface area contributed by atoms with E-state index in [1.807, 2.05) is 0 Å². The molecule has 0 saturated carbocycles. The third-order valence-electron chi connectivity index (χ3n) is 5.18. The van der Waals surface area contributed by atoms with Gasteiger partial charge in [-0.1, -0.05) is 0 Å². The lowest BCUT2D eigenvalue weighted by atomic mass is 10.2. The molecule has 4 rings (SSSR count). The first-order valence-corrected chi connectivity index (χ1v) is 12.0. The summed E-state index contributed by atoms with van der Waals surface area (Å²) in [7, 11) is -1.34. The summed E-state index contributed by atoms with van der Waals surface area (Å²) in [4.78, 5) is 12.9. The largest absolute Gasteiger partial charge is 0.497 e. The summed E-state index contributed by atoms with van der Waals surface area (Å²) < 4.78 is 63.1. The van der Waals surface area contributed by atoms with Crippen LogP contribution in [0.4, 0.5) is 15.8 Å². The third-order valence-corrected chi connectivity index (χ3v) is 6.95. The number of carbonyl (C=O) groups excluding carboxylic acids is 1. The number of amides is 1. The molecule has 3 aromatic rings. The molecule has 1 amide bonds. The van der Waals surface area contributed by atoms with Gasteiger partial charge in [-0.15, -0.1) is 0 Å². The summed E-state index contributed by atoms with van der Waals surface area (Å²) in [6.45, 7) is 0.0421. The van der Waals surface area contributed by atoms with Crippen LogP contribution in [-0.4, -0.2) is 48.3 Å². The van der Waals surface area contributed by atoms with Gasteiger partial charge in [-0.25, -0.2) is 12.8 Å². The minimum Gasteiger partial charge on any atom is -0.497 e. The van der Waals surface area contributed by atoms with Crippen molar-refractivity contribution in [2.45, 2.75) is 4.90 Å². The van der Waals surface area contributed by atoms with E-state index in [1.165, 1.54) is 44.6 Å². The van der Waals surface area contributed by atoms with Gasteiger partial charge >= 0.3 is 0 Å². The number of methoxy groups -OCH3 is 2. The summed E-state index contributed by atoms with van der Waals surface area (Å²) in [6.07, 6.45) is 0. The fourth-order valence-electron chi connectivity index (χ4n) is 3.47. The molecule has 0 fully saturated rings. The number of fused-ring (bicyclic) bond motifs is 1. The lowest BCUT2D eigenvalue weighted by Crippen LogP contribution is -2.38. The SMILES string of the molecule is COc1ccc(OC)c(NC(=O)CN(c2ccc(F)cc2)S(=O)(=O)c2ccc3c(c2)OCCO3)c1. The van der Waals surface area contributed by atoms with E-state index < -0.39 is 28.3 Å². The van der Waals surface area contributed by atoms with E-state index in [4.69, 9.17) is 18.9 Å². The van der Waals surface area contributed by atoms with Crippen LogP contribution < -0.4 is 28.6 Å². The Bertz CT molecular complexity index is 1330. The number of sulfonamides is 1. The van der Waals surface area contributed by atoms with Gasteiger partial charge in [-0.05, 0) is 48.5 Å². The predicted molar refractivity (Wildman–Crippen MR) is 127 cm³/mol. The molecule has 0 saturated heterocycles. The van der Waals surface area contributed by atoms with Crippen molar-refractivity contribution in [3.05, 3.63) is 66.5 Å². The zero-order valence-corrected chi connectivity index (χ0v) is 19.8. The van der Waals surface area contributed by atoms with Crippen molar-refractivity contribution >= 4 is 27.3 Å². The average molecular weight is 503 g/mol. The molecule has 1 N–H and O–H groups in total. The second kappa shape index (κ2) is 10.1. The molecule has 11 heteroatoms. The summed E-state index contributed by atoms with van der Waals surface area (Å²) in [5, 5.41) is 2.65. The molecule has 1 aliphatic heterocycles. The number of rotatable bonds is 8. The van der Waals surface area contributed by atoms with E-state index in [-0.39, 0.29) is 22.9 Å². The van der Waals surface area contributed by atoms with Gasteiger partial charge in [0, 0.05) is 12.1 Å². The number of halogens is 1. The molecule has 0 radical (unpaired) electrons. The molecule has 9 nitrogen and oxygen atoms in total. The Hall–Kier alpha value is -3.99. The standard InChI is InChI=1S/C24H23FN2O7S/c1-31-18-7-9-21(32-2)20(13-18)26-24(28)15-27(17-5-3-16(25)4-6-17)35(29,30)19-8-10-22-23(14-19)34-12-11-33-22/h3-10,13-14H,11-12,15H2,1-2H3,(H,26,28). The van der Waals surface area contributed by atoms with Crippen LogP contribution in [0.1, 0.15) is 0 Å². The van der Waals surface area contributed by atoms with Gasteiger partial charge in [-0.2, -0.15) is 0 Å². The van der Waals surface area contributed by atoms with Crippen molar-refractivity contribution in [1.29, 1.82) is 0 Å². The van der Waals surface area contributed by atoms with Gasteiger partial charge < -0.3 is 24.3 Å². The van der Waals surface area contributed by atoms with Crippen molar-refractivity contribution in [3.63, 3.8) is 0 Å². The first kappa shape index (κ1) is 24.1. The highest BCUT2D eigenvalue weighted by Gasteiger charge is 2.29. The van der Waals surface area contributed by atoms with Crippen molar-refractivity contribution < 1.29 is 36.6 Å². The Morgan fingerprint density at radius 3 is 2.37 bits per heavy atom. The molecular weight excluding hydrogens is 479 g/mol. The van der Waals surface area contributed by atoms with Gasteiger partial charge in [0.25, 0.3) is 10.0 Å². The molecule has 0 atom stereocenters. The molecule has 0 unspecified atom stereocenters. The minimum atomic E-state index is -4.26. The second-order valence-corrected chi connectivity index (χ2v) is 9.27. The topological polar surface area (TPSA) is 103 Å². The molecule has 35 heavy (non-hydrogen) atoms. The van der Waals surface area contributed by atoms with Crippen LogP contribution in [0.15, 0.2) is 65.6 Å². The summed E-state index contributed by atoms with van der Waals surface area (Å²) in [5.74, 6) is 0.342. The number of ether oxygens (including phenoxy) is 4. The van der Waals surface area contributed by atoms with E-state index in [9.17, 15) is 17.6 Å². The van der Waals surface area contributed by atoms with E-state index in [0.29, 0.717) is 29.5 Å². The predicted octanol–water partition coefficient (Wildman–Crippen LogP) is 3.45. The van der Waals surface area contributed by atoms with Crippen molar-refractivity contribution in [3.8, 4) is 23.0 Å². The summed E-state index contributed by atoms with van der Waals surface area (Å²) >= 11 is 0. The highest BCUT2D eigenvalue weighted by atomic mass is 32.2. The fourth-order valence-corrected chi connectivity index (χ4v) is 4.90. The number of carbonyl (C=O) groups is 1. The van der Waals surface area contributed by atoms with Crippen LogP contribution >= 0.6 is 0 Å². The van der Waals surface area contributed by atoms with E-state index >= 15 is 0 Å². The van der Waals surface area contributed by atoms with Crippen LogP contribution in [0, 0.1) is 5.82 Å². The van der Waals surface area contributed by atoms with Crippen LogP contribution in [0.3, 0.4) is 0 Å².